The number of benzene rings is 1. The van der Waals surface area contributed by atoms with Crippen LogP contribution < -0.4 is 4.72 Å². The van der Waals surface area contributed by atoms with Crippen molar-refractivity contribution in [3.63, 3.8) is 0 Å². The molecule has 7 heteroatoms. The zero-order chi connectivity index (χ0) is 19.8. The summed E-state index contributed by atoms with van der Waals surface area (Å²) in [6.45, 7) is 7.35. The number of nitrogens with one attached hydrogen (secondary N) is 1. The maximum absolute atomic E-state index is 12.9. The van der Waals surface area contributed by atoms with Crippen LogP contribution in [-0.4, -0.2) is 36.9 Å². The first-order valence-electron chi connectivity index (χ1n) is 9.29. The van der Waals surface area contributed by atoms with Gasteiger partial charge in [0.05, 0.1) is 0 Å². The minimum Gasteiger partial charge on any atom is -0.343 e. The predicted octanol–water partition coefficient (Wildman–Crippen LogP) is 3.49. The van der Waals surface area contributed by atoms with Crippen molar-refractivity contribution in [1.29, 1.82) is 0 Å². The average Bonchev–Trinajstić information content (AvgIpc) is 3.24. The maximum Gasteiger partial charge on any atom is 0.270 e. The van der Waals surface area contributed by atoms with Gasteiger partial charge in [-0.15, -0.1) is 0 Å². The van der Waals surface area contributed by atoms with Gasteiger partial charge < -0.3 is 9.47 Å². The Morgan fingerprint density at radius 3 is 2.26 bits per heavy atom. The number of hydrogen-bond donors (Lipinski definition) is 1. The van der Waals surface area contributed by atoms with E-state index in [1.807, 2.05) is 12.1 Å². The summed E-state index contributed by atoms with van der Waals surface area (Å²) < 4.78 is 30.1. The number of rotatable bonds is 5. The van der Waals surface area contributed by atoms with Gasteiger partial charge in [0.15, 0.2) is 0 Å². The first-order valence-corrected chi connectivity index (χ1v) is 10.8. The molecule has 1 fully saturated rings. The van der Waals surface area contributed by atoms with Crippen molar-refractivity contribution in [2.45, 2.75) is 44.4 Å². The van der Waals surface area contributed by atoms with Crippen molar-refractivity contribution in [1.82, 2.24) is 9.47 Å². The second-order valence-electron chi connectivity index (χ2n) is 7.42. The van der Waals surface area contributed by atoms with Crippen molar-refractivity contribution < 1.29 is 13.2 Å². The van der Waals surface area contributed by atoms with Crippen molar-refractivity contribution in [3.8, 4) is 0 Å². The molecule has 1 N–H and O–H groups in total. The molecule has 0 bridgehead atoms. The van der Waals surface area contributed by atoms with Gasteiger partial charge in [-0.1, -0.05) is 26.0 Å². The van der Waals surface area contributed by atoms with Crippen LogP contribution in [0.25, 0.3) is 0 Å². The topological polar surface area (TPSA) is 71.4 Å². The first-order chi connectivity index (χ1) is 12.7. The number of likely N-dealkylation sites (tertiary alicyclic amines) is 1. The summed E-state index contributed by atoms with van der Waals surface area (Å²) in [6.07, 6.45) is 1.99. The van der Waals surface area contributed by atoms with Crippen LogP contribution in [0.5, 0.6) is 0 Å². The Morgan fingerprint density at radius 2 is 1.70 bits per heavy atom. The molecular weight excluding hydrogens is 362 g/mol. The average molecular weight is 390 g/mol. The molecule has 6 nitrogen and oxygen atoms in total. The van der Waals surface area contributed by atoms with Gasteiger partial charge in [-0.25, -0.2) is 8.42 Å². The SMILES string of the molecule is Cc1c(S(=O)(=O)Nc2ccc(C(C)C)cc2)cc(C(=O)N2CCCC2)n1C. The highest BCUT2D eigenvalue weighted by molar-refractivity contribution is 7.92. The van der Waals surface area contributed by atoms with Crippen molar-refractivity contribution in [3.05, 3.63) is 47.3 Å². The van der Waals surface area contributed by atoms with Crippen LogP contribution in [0.2, 0.25) is 0 Å². The molecule has 1 aromatic heterocycles. The molecule has 146 valence electrons. The standard InChI is InChI=1S/C20H27N3O3S/c1-14(2)16-7-9-17(10-8-16)21-27(25,26)19-13-18(22(4)15(19)3)20(24)23-11-5-6-12-23/h7-10,13-14,21H,5-6,11-12H2,1-4H3. The van der Waals surface area contributed by atoms with E-state index in [2.05, 4.69) is 18.6 Å². The number of carbonyl (C=O) groups excluding carboxylic acids is 1. The molecule has 0 atom stereocenters. The summed E-state index contributed by atoms with van der Waals surface area (Å²) >= 11 is 0. The molecule has 2 heterocycles. The summed E-state index contributed by atoms with van der Waals surface area (Å²) in [5.41, 5.74) is 2.61. The van der Waals surface area contributed by atoms with E-state index in [9.17, 15) is 13.2 Å². The summed E-state index contributed by atoms with van der Waals surface area (Å²) in [4.78, 5) is 14.6. The molecule has 0 unspecified atom stereocenters. The Morgan fingerprint density at radius 1 is 1.11 bits per heavy atom. The molecule has 0 spiro atoms. The van der Waals surface area contributed by atoms with Crippen LogP contribution in [0.1, 0.15) is 54.4 Å². The lowest BCUT2D eigenvalue weighted by atomic mass is 10.0. The first kappa shape index (κ1) is 19.5. The van der Waals surface area contributed by atoms with Gasteiger partial charge in [-0.2, -0.15) is 0 Å². The third kappa shape index (κ3) is 3.88. The molecular formula is C20H27N3O3S. The van der Waals surface area contributed by atoms with Crippen molar-refractivity contribution in [2.75, 3.05) is 17.8 Å². The van der Waals surface area contributed by atoms with Crippen LogP contribution in [0.15, 0.2) is 35.2 Å². The summed E-state index contributed by atoms with van der Waals surface area (Å²) in [7, 11) is -2.05. The highest BCUT2D eigenvalue weighted by Gasteiger charge is 2.28. The van der Waals surface area contributed by atoms with Crippen LogP contribution in [0.4, 0.5) is 5.69 Å². The summed E-state index contributed by atoms with van der Waals surface area (Å²) in [5, 5.41) is 0. The molecule has 0 aliphatic carbocycles. The van der Waals surface area contributed by atoms with E-state index in [0.29, 0.717) is 23.0 Å². The van der Waals surface area contributed by atoms with Crippen LogP contribution in [-0.2, 0) is 17.1 Å². The van der Waals surface area contributed by atoms with Gasteiger partial charge in [-0.05, 0) is 49.4 Å². The van der Waals surface area contributed by atoms with Gasteiger partial charge >= 0.3 is 0 Å². The number of hydrogen-bond acceptors (Lipinski definition) is 3. The zero-order valence-electron chi connectivity index (χ0n) is 16.3. The smallest absolute Gasteiger partial charge is 0.270 e. The second-order valence-corrected chi connectivity index (χ2v) is 9.07. The molecule has 1 saturated heterocycles. The van der Waals surface area contributed by atoms with Crippen molar-refractivity contribution in [2.24, 2.45) is 7.05 Å². The van der Waals surface area contributed by atoms with Gasteiger partial charge in [0.25, 0.3) is 15.9 Å². The minimum atomic E-state index is -3.78. The molecule has 1 aliphatic heterocycles. The van der Waals surface area contributed by atoms with E-state index in [4.69, 9.17) is 0 Å². The molecule has 0 radical (unpaired) electrons. The van der Waals surface area contributed by atoms with E-state index in [0.717, 1.165) is 31.5 Å². The Balaban J connectivity index is 1.88. The van der Waals surface area contributed by atoms with Crippen LogP contribution in [0.3, 0.4) is 0 Å². The van der Waals surface area contributed by atoms with Gasteiger partial charge in [0.2, 0.25) is 0 Å². The van der Waals surface area contributed by atoms with Gasteiger partial charge in [-0.3, -0.25) is 9.52 Å². The second kappa shape index (κ2) is 7.38. The highest BCUT2D eigenvalue weighted by atomic mass is 32.2. The van der Waals surface area contributed by atoms with E-state index in [-0.39, 0.29) is 10.8 Å². The number of aromatic nitrogens is 1. The molecule has 27 heavy (non-hydrogen) atoms. The fraction of sp³-hybridized carbons (Fsp3) is 0.450. The third-order valence-electron chi connectivity index (χ3n) is 5.22. The Bertz CT molecular complexity index is 938. The quantitative estimate of drug-likeness (QED) is 0.851. The number of amides is 1. The third-order valence-corrected chi connectivity index (χ3v) is 6.72. The predicted molar refractivity (Wildman–Crippen MR) is 107 cm³/mol. The van der Waals surface area contributed by atoms with E-state index < -0.39 is 10.0 Å². The zero-order valence-corrected chi connectivity index (χ0v) is 17.1. The Kier molecular flexibility index (Phi) is 5.33. The maximum atomic E-state index is 12.9. The molecule has 2 aromatic rings. The number of anilines is 1. The lowest BCUT2D eigenvalue weighted by Crippen LogP contribution is -2.29. The normalized spacial score (nSPS) is 14.8. The van der Waals surface area contributed by atoms with Crippen LogP contribution >= 0.6 is 0 Å². The highest BCUT2D eigenvalue weighted by Crippen LogP contribution is 2.25. The fourth-order valence-corrected chi connectivity index (χ4v) is 4.73. The van der Waals surface area contributed by atoms with E-state index in [1.165, 1.54) is 6.07 Å². The lowest BCUT2D eigenvalue weighted by molar-refractivity contribution is 0.0783. The number of nitrogens with zero attached hydrogens (tertiary/aromatic N) is 2. The van der Waals surface area contributed by atoms with Crippen molar-refractivity contribution >= 4 is 21.6 Å². The van der Waals surface area contributed by atoms with E-state index >= 15 is 0 Å². The van der Waals surface area contributed by atoms with E-state index in [1.54, 1.807) is 35.6 Å². The molecule has 3 rings (SSSR count). The fourth-order valence-electron chi connectivity index (χ4n) is 3.38. The molecule has 1 aromatic carbocycles. The Labute approximate surface area is 161 Å². The number of carbonyl (C=O) groups is 1. The minimum absolute atomic E-state index is 0.110. The van der Waals surface area contributed by atoms with Gasteiger partial charge in [0, 0.05) is 31.5 Å². The number of sulfonamides is 1. The van der Waals surface area contributed by atoms with Crippen LogP contribution in [0, 0.1) is 6.92 Å². The largest absolute Gasteiger partial charge is 0.343 e. The molecule has 0 saturated carbocycles. The summed E-state index contributed by atoms with van der Waals surface area (Å²) in [5.74, 6) is 0.270. The molecule has 1 aliphatic rings. The Hall–Kier alpha value is -2.28. The lowest BCUT2D eigenvalue weighted by Gasteiger charge is -2.15. The van der Waals surface area contributed by atoms with Gasteiger partial charge in [0.1, 0.15) is 10.6 Å². The monoisotopic (exact) mass is 389 g/mol. The molecule has 1 amide bonds. The summed E-state index contributed by atoms with van der Waals surface area (Å²) in [6, 6.07) is 8.86.